The molecule has 0 fully saturated rings. The van der Waals surface area contributed by atoms with Crippen molar-refractivity contribution in [3.8, 4) is 11.1 Å². The minimum atomic E-state index is -1.95. The molecule has 0 bridgehead atoms. The van der Waals surface area contributed by atoms with Crippen LogP contribution in [0.1, 0.15) is 58.8 Å². The van der Waals surface area contributed by atoms with Gasteiger partial charge in [-0.1, -0.05) is 103 Å². The Hall–Kier alpha value is -3.54. The molecule has 1 aliphatic heterocycles. The van der Waals surface area contributed by atoms with Gasteiger partial charge in [-0.2, -0.15) is 0 Å². The number of rotatable bonds is 7. The SMILES string of the molecule is Cc1ccc(C(C)C)cc1CN1C(=O)[C@@](O)(CC(=O)c2ccc(-c3ccccc3)cc2)c2cc(Br)ccc21. The molecular weight excluding hydrogens is 538 g/mol. The van der Waals surface area contributed by atoms with Crippen LogP contribution in [0.25, 0.3) is 11.1 Å². The fraction of sp³-hybridized carbons (Fsp3) is 0.212. The van der Waals surface area contributed by atoms with Gasteiger partial charge in [0.05, 0.1) is 18.7 Å². The Balaban J connectivity index is 1.45. The average Bonchev–Trinajstić information content (AvgIpc) is 3.11. The van der Waals surface area contributed by atoms with Crippen molar-refractivity contribution in [2.24, 2.45) is 0 Å². The Labute approximate surface area is 232 Å². The molecule has 1 heterocycles. The van der Waals surface area contributed by atoms with Gasteiger partial charge in [0.1, 0.15) is 0 Å². The number of aliphatic hydroxyl groups is 1. The Morgan fingerprint density at radius 3 is 2.29 bits per heavy atom. The second-order valence-electron chi connectivity index (χ2n) is 10.3. The van der Waals surface area contributed by atoms with Crippen molar-refractivity contribution in [2.45, 2.75) is 45.3 Å². The highest BCUT2D eigenvalue weighted by atomic mass is 79.9. The second-order valence-corrected chi connectivity index (χ2v) is 11.2. The van der Waals surface area contributed by atoms with Crippen LogP contribution in [0.3, 0.4) is 0 Å². The van der Waals surface area contributed by atoms with E-state index in [2.05, 4.69) is 48.0 Å². The van der Waals surface area contributed by atoms with Gasteiger partial charge in [-0.05, 0) is 58.9 Å². The van der Waals surface area contributed by atoms with Gasteiger partial charge < -0.3 is 10.0 Å². The van der Waals surface area contributed by atoms with Crippen LogP contribution in [-0.2, 0) is 16.9 Å². The van der Waals surface area contributed by atoms with Crippen molar-refractivity contribution in [2.75, 3.05) is 4.90 Å². The molecule has 1 N–H and O–H groups in total. The first kappa shape index (κ1) is 26.1. The number of anilines is 1. The quantitative estimate of drug-likeness (QED) is 0.234. The third-order valence-corrected chi connectivity index (χ3v) is 7.89. The van der Waals surface area contributed by atoms with Gasteiger partial charge in [-0.15, -0.1) is 0 Å². The van der Waals surface area contributed by atoms with Crippen LogP contribution in [-0.4, -0.2) is 16.8 Å². The average molecular weight is 569 g/mol. The first-order valence-corrected chi connectivity index (χ1v) is 13.6. The molecule has 0 saturated heterocycles. The maximum Gasteiger partial charge on any atom is 0.264 e. The van der Waals surface area contributed by atoms with Gasteiger partial charge in [-0.25, -0.2) is 0 Å². The summed E-state index contributed by atoms with van der Waals surface area (Å²) < 4.78 is 0.738. The third kappa shape index (κ3) is 4.84. The zero-order valence-corrected chi connectivity index (χ0v) is 23.3. The summed E-state index contributed by atoms with van der Waals surface area (Å²) in [6.07, 6.45) is -0.332. The van der Waals surface area contributed by atoms with Crippen LogP contribution >= 0.6 is 15.9 Å². The number of carbonyl (C=O) groups excluding carboxylic acids is 2. The Kier molecular flexibility index (Phi) is 7.08. The molecule has 1 atom stereocenters. The number of benzene rings is 4. The van der Waals surface area contributed by atoms with Crippen LogP contribution in [0.2, 0.25) is 0 Å². The smallest absolute Gasteiger partial charge is 0.264 e. The topological polar surface area (TPSA) is 57.6 Å². The lowest BCUT2D eigenvalue weighted by atomic mass is 9.88. The number of amides is 1. The summed E-state index contributed by atoms with van der Waals surface area (Å²) >= 11 is 3.48. The molecule has 0 aliphatic carbocycles. The lowest BCUT2D eigenvalue weighted by Crippen LogP contribution is -2.41. The first-order valence-electron chi connectivity index (χ1n) is 12.8. The molecule has 0 aromatic heterocycles. The number of nitrogens with zero attached hydrogens (tertiary/aromatic N) is 1. The van der Waals surface area contributed by atoms with E-state index < -0.39 is 11.5 Å². The van der Waals surface area contributed by atoms with E-state index in [-0.39, 0.29) is 12.2 Å². The Bertz CT molecular complexity index is 1510. The predicted molar refractivity (Wildman–Crippen MR) is 155 cm³/mol. The van der Waals surface area contributed by atoms with E-state index in [1.54, 1.807) is 23.1 Å². The van der Waals surface area contributed by atoms with E-state index in [0.29, 0.717) is 29.3 Å². The van der Waals surface area contributed by atoms with E-state index in [4.69, 9.17) is 0 Å². The molecule has 0 radical (unpaired) electrons. The summed E-state index contributed by atoms with van der Waals surface area (Å²) in [4.78, 5) is 28.8. The number of halogens is 1. The lowest BCUT2D eigenvalue weighted by Gasteiger charge is -2.24. The maximum absolute atomic E-state index is 13.8. The fourth-order valence-corrected chi connectivity index (χ4v) is 5.42. The standard InChI is InChI=1S/C33H30BrNO3/c1-21(2)26-10-9-22(3)27(17-26)20-35-30-16-15-28(34)18-29(30)33(38,32(35)37)19-31(36)25-13-11-24(12-14-25)23-7-5-4-6-8-23/h4-18,21,38H,19-20H2,1-3H3/t33-/m1/s1. The highest BCUT2D eigenvalue weighted by Crippen LogP contribution is 2.45. The molecule has 0 saturated carbocycles. The van der Waals surface area contributed by atoms with Gasteiger partial charge in [0.25, 0.3) is 5.91 Å². The van der Waals surface area contributed by atoms with Crippen molar-refractivity contribution in [1.82, 2.24) is 0 Å². The van der Waals surface area contributed by atoms with Crippen molar-refractivity contribution < 1.29 is 14.7 Å². The first-order chi connectivity index (χ1) is 18.2. The highest BCUT2D eigenvalue weighted by Gasteiger charge is 2.51. The van der Waals surface area contributed by atoms with Crippen LogP contribution in [0.15, 0.2) is 95.5 Å². The fourth-order valence-electron chi connectivity index (χ4n) is 5.06. The zero-order chi connectivity index (χ0) is 27.0. The van der Waals surface area contributed by atoms with E-state index in [9.17, 15) is 14.7 Å². The summed E-state index contributed by atoms with van der Waals surface area (Å²) in [7, 11) is 0. The molecule has 5 rings (SSSR count). The van der Waals surface area contributed by atoms with E-state index in [1.807, 2.05) is 61.5 Å². The number of fused-ring (bicyclic) bond motifs is 1. The summed E-state index contributed by atoms with van der Waals surface area (Å²) in [5, 5.41) is 11.8. The van der Waals surface area contributed by atoms with E-state index >= 15 is 0 Å². The van der Waals surface area contributed by atoms with Gasteiger partial charge in [0, 0.05) is 15.6 Å². The van der Waals surface area contributed by atoms with E-state index in [1.165, 1.54) is 5.56 Å². The van der Waals surface area contributed by atoms with E-state index in [0.717, 1.165) is 26.7 Å². The number of aryl methyl sites for hydroxylation is 1. The van der Waals surface area contributed by atoms with Crippen molar-refractivity contribution in [3.63, 3.8) is 0 Å². The van der Waals surface area contributed by atoms with Gasteiger partial charge in [-0.3, -0.25) is 9.59 Å². The Morgan fingerprint density at radius 1 is 0.921 bits per heavy atom. The summed E-state index contributed by atoms with van der Waals surface area (Å²) in [5.74, 6) is -0.407. The molecule has 0 spiro atoms. The zero-order valence-electron chi connectivity index (χ0n) is 21.7. The molecular formula is C33H30BrNO3. The van der Waals surface area contributed by atoms with Crippen LogP contribution in [0, 0.1) is 6.92 Å². The molecule has 4 aromatic rings. The number of carbonyl (C=O) groups is 2. The molecule has 1 amide bonds. The lowest BCUT2D eigenvalue weighted by molar-refractivity contribution is -0.136. The largest absolute Gasteiger partial charge is 0.375 e. The monoisotopic (exact) mass is 567 g/mol. The minimum absolute atomic E-state index is 0.286. The number of ketones is 1. The Morgan fingerprint density at radius 2 is 1.61 bits per heavy atom. The van der Waals surface area contributed by atoms with Crippen LogP contribution in [0.4, 0.5) is 5.69 Å². The number of Topliss-reactive ketones (excluding diaryl/α,β-unsaturated/α-hetero) is 1. The van der Waals surface area contributed by atoms with Crippen LogP contribution in [0.5, 0.6) is 0 Å². The van der Waals surface area contributed by atoms with Gasteiger partial charge in [0.2, 0.25) is 0 Å². The molecule has 1 aliphatic rings. The van der Waals surface area contributed by atoms with Crippen molar-refractivity contribution >= 4 is 33.3 Å². The summed E-state index contributed by atoms with van der Waals surface area (Å²) in [5.41, 5.74) is 4.93. The highest BCUT2D eigenvalue weighted by molar-refractivity contribution is 9.10. The molecule has 192 valence electrons. The number of hydrogen-bond donors (Lipinski definition) is 1. The molecule has 38 heavy (non-hydrogen) atoms. The van der Waals surface area contributed by atoms with Gasteiger partial charge >= 0.3 is 0 Å². The van der Waals surface area contributed by atoms with Crippen molar-refractivity contribution in [3.05, 3.63) is 123 Å². The summed E-state index contributed by atoms with van der Waals surface area (Å²) in [6.45, 7) is 6.62. The second kappa shape index (κ2) is 10.3. The summed E-state index contributed by atoms with van der Waals surface area (Å²) in [6, 6.07) is 29.0. The molecule has 0 unspecified atom stereocenters. The molecule has 5 heteroatoms. The predicted octanol–water partition coefficient (Wildman–Crippen LogP) is 7.56. The molecule has 4 nitrogen and oxygen atoms in total. The third-order valence-electron chi connectivity index (χ3n) is 7.39. The maximum atomic E-state index is 13.8. The molecule has 4 aromatic carbocycles. The van der Waals surface area contributed by atoms with Gasteiger partial charge in [0.15, 0.2) is 11.4 Å². The normalized spacial score (nSPS) is 16.7. The van der Waals surface area contributed by atoms with Crippen molar-refractivity contribution in [1.29, 1.82) is 0 Å². The minimum Gasteiger partial charge on any atom is -0.375 e. The van der Waals surface area contributed by atoms with Crippen LogP contribution < -0.4 is 4.90 Å². The number of hydrogen-bond acceptors (Lipinski definition) is 3.